The number of hydrogen-bond acceptors (Lipinski definition) is 4. The molecule has 0 saturated carbocycles. The number of aliphatic hydroxyl groups is 2. The van der Waals surface area contributed by atoms with E-state index in [1.54, 1.807) is 25.1 Å². The fourth-order valence-electron chi connectivity index (χ4n) is 1.75. The Morgan fingerprint density at radius 2 is 1.94 bits per heavy atom. The summed E-state index contributed by atoms with van der Waals surface area (Å²) in [5.41, 5.74) is 7.10. The van der Waals surface area contributed by atoms with E-state index >= 15 is 0 Å². The van der Waals surface area contributed by atoms with Gasteiger partial charge < -0.3 is 21.1 Å². The second-order valence-corrected chi connectivity index (χ2v) is 4.61. The fourth-order valence-corrected chi connectivity index (χ4v) is 1.75. The van der Waals surface area contributed by atoms with Gasteiger partial charge in [-0.1, -0.05) is 13.0 Å². The van der Waals surface area contributed by atoms with Crippen molar-refractivity contribution in [3.8, 4) is 5.75 Å². The van der Waals surface area contributed by atoms with Gasteiger partial charge in [-0.3, -0.25) is 0 Å². The van der Waals surface area contributed by atoms with Crippen LogP contribution in [-0.4, -0.2) is 27.5 Å². The molecule has 0 amide bonds. The van der Waals surface area contributed by atoms with Gasteiger partial charge >= 0.3 is 0 Å². The molecule has 3 atom stereocenters. The highest BCUT2D eigenvalue weighted by Crippen LogP contribution is 2.26. The molecule has 0 fully saturated rings. The van der Waals surface area contributed by atoms with Crippen LogP contribution in [0.15, 0.2) is 18.2 Å². The van der Waals surface area contributed by atoms with E-state index in [4.69, 9.17) is 10.8 Å². The largest absolute Gasteiger partial charge is 0.508 e. The third-order valence-electron chi connectivity index (χ3n) is 3.04. The van der Waals surface area contributed by atoms with Crippen molar-refractivity contribution in [3.63, 3.8) is 0 Å². The van der Waals surface area contributed by atoms with E-state index in [9.17, 15) is 10.2 Å². The summed E-state index contributed by atoms with van der Waals surface area (Å²) in [6, 6.07) is 4.86. The van der Waals surface area contributed by atoms with Gasteiger partial charge in [0, 0.05) is 11.6 Å². The van der Waals surface area contributed by atoms with Crippen LogP contribution in [0.5, 0.6) is 5.75 Å². The van der Waals surface area contributed by atoms with Crippen molar-refractivity contribution in [1.82, 2.24) is 0 Å². The highest BCUT2D eigenvalue weighted by atomic mass is 16.3. The molecule has 0 spiro atoms. The van der Waals surface area contributed by atoms with Crippen LogP contribution >= 0.6 is 0 Å². The quantitative estimate of drug-likeness (QED) is 0.619. The lowest BCUT2D eigenvalue weighted by molar-refractivity contribution is 0.134. The molecule has 0 heterocycles. The first kappa shape index (κ1) is 14.0. The van der Waals surface area contributed by atoms with E-state index in [0.29, 0.717) is 12.0 Å². The zero-order chi connectivity index (χ0) is 13.0. The SMILES string of the molecule is CC(CC(O)C(C)N)c1ccc(O)c(CO)c1. The molecule has 4 heteroatoms. The molecule has 0 aromatic heterocycles. The Balaban J connectivity index is 2.78. The molecule has 3 unspecified atom stereocenters. The van der Waals surface area contributed by atoms with Crippen LogP contribution in [0.25, 0.3) is 0 Å². The number of nitrogens with two attached hydrogens (primary N) is 1. The van der Waals surface area contributed by atoms with Crippen molar-refractivity contribution in [2.45, 2.75) is 44.9 Å². The summed E-state index contributed by atoms with van der Waals surface area (Å²) in [6.45, 7) is 3.56. The third kappa shape index (κ3) is 3.70. The Morgan fingerprint density at radius 3 is 2.47 bits per heavy atom. The van der Waals surface area contributed by atoms with Gasteiger partial charge in [0.25, 0.3) is 0 Å². The molecule has 17 heavy (non-hydrogen) atoms. The van der Waals surface area contributed by atoms with Crippen LogP contribution in [-0.2, 0) is 6.61 Å². The number of benzene rings is 1. The predicted molar refractivity (Wildman–Crippen MR) is 66.7 cm³/mol. The van der Waals surface area contributed by atoms with Gasteiger partial charge in [-0.25, -0.2) is 0 Å². The molecule has 0 radical (unpaired) electrons. The minimum Gasteiger partial charge on any atom is -0.508 e. The first-order chi connectivity index (χ1) is 7.95. The van der Waals surface area contributed by atoms with Crippen LogP contribution in [0.3, 0.4) is 0 Å². The van der Waals surface area contributed by atoms with Gasteiger partial charge in [0.15, 0.2) is 0 Å². The summed E-state index contributed by atoms with van der Waals surface area (Å²) >= 11 is 0. The summed E-state index contributed by atoms with van der Waals surface area (Å²) in [6.07, 6.45) is 0.0178. The van der Waals surface area contributed by atoms with Gasteiger partial charge in [-0.2, -0.15) is 0 Å². The van der Waals surface area contributed by atoms with Crippen molar-refractivity contribution >= 4 is 0 Å². The molecule has 0 bridgehead atoms. The Hall–Kier alpha value is -1.10. The smallest absolute Gasteiger partial charge is 0.121 e. The second kappa shape index (κ2) is 6.00. The van der Waals surface area contributed by atoms with E-state index in [-0.39, 0.29) is 24.3 Å². The Bertz CT molecular complexity index is 366. The number of aromatic hydroxyl groups is 1. The lowest BCUT2D eigenvalue weighted by Gasteiger charge is -2.20. The average Bonchev–Trinajstić information content (AvgIpc) is 2.29. The maximum absolute atomic E-state index is 9.72. The molecule has 1 aromatic carbocycles. The molecule has 1 rings (SSSR count). The first-order valence-electron chi connectivity index (χ1n) is 5.82. The monoisotopic (exact) mass is 239 g/mol. The van der Waals surface area contributed by atoms with Crippen molar-refractivity contribution in [2.75, 3.05) is 0 Å². The van der Waals surface area contributed by atoms with E-state index in [1.807, 2.05) is 6.92 Å². The van der Waals surface area contributed by atoms with Gasteiger partial charge in [0.2, 0.25) is 0 Å². The zero-order valence-corrected chi connectivity index (χ0v) is 10.3. The maximum atomic E-state index is 9.72. The number of aliphatic hydroxyl groups excluding tert-OH is 2. The summed E-state index contributed by atoms with van der Waals surface area (Å²) in [5, 5.41) is 28.2. The van der Waals surface area contributed by atoms with Crippen molar-refractivity contribution in [2.24, 2.45) is 5.73 Å². The number of rotatable bonds is 5. The Morgan fingerprint density at radius 1 is 1.29 bits per heavy atom. The fraction of sp³-hybridized carbons (Fsp3) is 0.538. The molecule has 0 aliphatic rings. The van der Waals surface area contributed by atoms with Crippen LogP contribution in [0, 0.1) is 0 Å². The third-order valence-corrected chi connectivity index (χ3v) is 3.04. The van der Waals surface area contributed by atoms with Gasteiger partial charge in [-0.15, -0.1) is 0 Å². The molecule has 0 saturated heterocycles. The zero-order valence-electron chi connectivity index (χ0n) is 10.3. The molecular formula is C13H21NO3. The minimum atomic E-state index is -0.545. The molecule has 5 N–H and O–H groups in total. The van der Waals surface area contributed by atoms with E-state index in [2.05, 4.69) is 0 Å². The molecule has 1 aromatic rings. The molecule has 96 valence electrons. The molecule has 0 aliphatic heterocycles. The summed E-state index contributed by atoms with van der Waals surface area (Å²) < 4.78 is 0. The first-order valence-corrected chi connectivity index (χ1v) is 5.82. The number of phenols is 1. The lowest BCUT2D eigenvalue weighted by atomic mass is 9.92. The van der Waals surface area contributed by atoms with Gasteiger partial charge in [0.1, 0.15) is 5.75 Å². The van der Waals surface area contributed by atoms with Crippen molar-refractivity contribution < 1.29 is 15.3 Å². The van der Waals surface area contributed by atoms with E-state index in [1.165, 1.54) is 0 Å². The Kier molecular flexibility index (Phi) is 4.93. The summed E-state index contributed by atoms with van der Waals surface area (Å²) in [5.74, 6) is 0.220. The van der Waals surface area contributed by atoms with Gasteiger partial charge in [-0.05, 0) is 37.0 Å². The average molecular weight is 239 g/mol. The number of hydrogen-bond donors (Lipinski definition) is 4. The normalized spacial score (nSPS) is 16.5. The van der Waals surface area contributed by atoms with Crippen molar-refractivity contribution in [3.05, 3.63) is 29.3 Å². The lowest BCUT2D eigenvalue weighted by Crippen LogP contribution is -2.32. The van der Waals surface area contributed by atoms with Crippen LogP contribution < -0.4 is 5.73 Å². The molecular weight excluding hydrogens is 218 g/mol. The van der Waals surface area contributed by atoms with Gasteiger partial charge in [0.05, 0.1) is 12.7 Å². The highest BCUT2D eigenvalue weighted by Gasteiger charge is 2.16. The predicted octanol–water partition coefficient (Wildman–Crippen LogP) is 1.09. The topological polar surface area (TPSA) is 86.7 Å². The molecule has 4 nitrogen and oxygen atoms in total. The highest BCUT2D eigenvalue weighted by molar-refractivity contribution is 5.37. The van der Waals surface area contributed by atoms with E-state index in [0.717, 1.165) is 5.56 Å². The Labute approximate surface area is 102 Å². The summed E-state index contributed by atoms with van der Waals surface area (Å²) in [7, 11) is 0. The minimum absolute atomic E-state index is 0.0937. The maximum Gasteiger partial charge on any atom is 0.121 e. The molecule has 0 aliphatic carbocycles. The van der Waals surface area contributed by atoms with Crippen LogP contribution in [0.2, 0.25) is 0 Å². The van der Waals surface area contributed by atoms with E-state index < -0.39 is 6.10 Å². The summed E-state index contributed by atoms with van der Waals surface area (Å²) in [4.78, 5) is 0. The van der Waals surface area contributed by atoms with Crippen LogP contribution in [0.4, 0.5) is 0 Å². The standard InChI is InChI=1S/C13H21NO3/c1-8(5-13(17)9(2)14)10-3-4-12(16)11(6-10)7-15/h3-4,6,8-9,13,15-17H,5,7,14H2,1-2H3. The van der Waals surface area contributed by atoms with Crippen molar-refractivity contribution in [1.29, 1.82) is 0 Å². The van der Waals surface area contributed by atoms with Crippen LogP contribution in [0.1, 0.15) is 37.3 Å². The second-order valence-electron chi connectivity index (χ2n) is 4.61.